The number of carbonyl (C=O) groups excluding carboxylic acids is 1. The molecule has 0 saturated carbocycles. The van der Waals surface area contributed by atoms with Crippen molar-refractivity contribution in [1.82, 2.24) is 5.43 Å². The van der Waals surface area contributed by atoms with E-state index >= 15 is 0 Å². The Bertz CT molecular complexity index is 1510. The molecule has 0 radical (unpaired) electrons. The molecule has 0 aliphatic carbocycles. The van der Waals surface area contributed by atoms with Gasteiger partial charge in [-0.2, -0.15) is 5.10 Å². The summed E-state index contributed by atoms with van der Waals surface area (Å²) in [5.74, 6) is 0.178. The van der Waals surface area contributed by atoms with Crippen LogP contribution >= 0.6 is 27.5 Å². The molecule has 0 aliphatic rings. The molecule has 0 heterocycles. The van der Waals surface area contributed by atoms with Gasteiger partial charge in [-0.15, -0.1) is 0 Å². The highest BCUT2D eigenvalue weighted by molar-refractivity contribution is 9.10. The highest BCUT2D eigenvalue weighted by Gasteiger charge is 2.14. The molecule has 4 aromatic rings. The van der Waals surface area contributed by atoms with Gasteiger partial charge in [-0.1, -0.05) is 51.8 Å². The van der Waals surface area contributed by atoms with Crippen LogP contribution in [0.3, 0.4) is 0 Å². The molecule has 2 N–H and O–H groups in total. The van der Waals surface area contributed by atoms with Crippen molar-refractivity contribution in [1.29, 1.82) is 0 Å². The summed E-state index contributed by atoms with van der Waals surface area (Å²) in [5, 5.41) is 4.48. The number of hydrazone groups is 1. The first-order valence-electron chi connectivity index (χ1n) is 11.0. The lowest BCUT2D eigenvalue weighted by atomic mass is 10.2. The number of carbonyl (C=O) groups is 1. The lowest BCUT2D eigenvalue weighted by molar-refractivity contribution is 0.0955. The molecule has 0 aromatic heterocycles. The molecule has 188 valence electrons. The SMILES string of the molecule is O=C(N/N=C/c1ccccc1OCc1ccc(Br)cc1)c1ccc(NS(=O)(=O)c2ccc(Cl)cc2)cc1. The molecular formula is C27H21BrClN3O4S. The smallest absolute Gasteiger partial charge is 0.271 e. The van der Waals surface area contributed by atoms with E-state index in [1.807, 2.05) is 48.5 Å². The van der Waals surface area contributed by atoms with Crippen LogP contribution in [0, 0.1) is 0 Å². The molecule has 37 heavy (non-hydrogen) atoms. The maximum Gasteiger partial charge on any atom is 0.271 e. The van der Waals surface area contributed by atoms with Crippen LogP contribution in [-0.4, -0.2) is 20.5 Å². The zero-order chi connectivity index (χ0) is 26.3. The second-order valence-corrected chi connectivity index (χ2v) is 10.8. The van der Waals surface area contributed by atoms with Gasteiger partial charge in [-0.25, -0.2) is 13.8 Å². The highest BCUT2D eigenvalue weighted by Crippen LogP contribution is 2.20. The molecule has 0 fully saturated rings. The minimum absolute atomic E-state index is 0.0779. The molecule has 0 unspecified atom stereocenters. The monoisotopic (exact) mass is 597 g/mol. The number of hydrogen-bond donors (Lipinski definition) is 2. The number of benzene rings is 4. The van der Waals surface area contributed by atoms with Crippen molar-refractivity contribution in [3.8, 4) is 5.75 Å². The highest BCUT2D eigenvalue weighted by atomic mass is 79.9. The Hall–Kier alpha value is -3.66. The van der Waals surface area contributed by atoms with Crippen molar-refractivity contribution in [2.45, 2.75) is 11.5 Å². The third-order valence-electron chi connectivity index (χ3n) is 5.12. The van der Waals surface area contributed by atoms with E-state index in [9.17, 15) is 13.2 Å². The van der Waals surface area contributed by atoms with Gasteiger partial charge in [-0.05, 0) is 78.4 Å². The number of nitrogens with zero attached hydrogens (tertiary/aromatic N) is 1. The number of hydrogen-bond acceptors (Lipinski definition) is 5. The van der Waals surface area contributed by atoms with Crippen LogP contribution in [0.2, 0.25) is 5.02 Å². The van der Waals surface area contributed by atoms with Gasteiger partial charge in [0.2, 0.25) is 0 Å². The Labute approximate surface area is 228 Å². The van der Waals surface area contributed by atoms with Gasteiger partial charge >= 0.3 is 0 Å². The largest absolute Gasteiger partial charge is 0.488 e. The van der Waals surface area contributed by atoms with Crippen LogP contribution in [0.5, 0.6) is 5.75 Å². The van der Waals surface area contributed by atoms with Crippen LogP contribution in [0.25, 0.3) is 0 Å². The molecule has 4 rings (SSSR count). The molecule has 0 spiro atoms. The molecular weight excluding hydrogens is 578 g/mol. The zero-order valence-corrected chi connectivity index (χ0v) is 22.4. The van der Waals surface area contributed by atoms with E-state index in [1.54, 1.807) is 0 Å². The first kappa shape index (κ1) is 26.4. The molecule has 0 bridgehead atoms. The van der Waals surface area contributed by atoms with Crippen molar-refractivity contribution in [2.75, 3.05) is 4.72 Å². The Morgan fingerprint density at radius 2 is 1.59 bits per heavy atom. The van der Waals surface area contributed by atoms with E-state index in [0.29, 0.717) is 34.2 Å². The molecule has 0 aliphatic heterocycles. The van der Waals surface area contributed by atoms with Crippen molar-refractivity contribution in [2.24, 2.45) is 5.10 Å². The minimum Gasteiger partial charge on any atom is -0.488 e. The minimum atomic E-state index is -3.78. The Balaban J connectivity index is 1.35. The number of halogens is 2. The summed E-state index contributed by atoms with van der Waals surface area (Å²) in [6.45, 7) is 0.388. The Kier molecular flexibility index (Phi) is 8.60. The van der Waals surface area contributed by atoms with Crippen molar-refractivity contribution >= 4 is 55.4 Å². The summed E-state index contributed by atoms with van der Waals surface area (Å²) in [6.07, 6.45) is 1.50. The predicted octanol–water partition coefficient (Wildman–Crippen LogP) is 6.25. The summed E-state index contributed by atoms with van der Waals surface area (Å²) < 4.78 is 34.4. The second kappa shape index (κ2) is 12.1. The van der Waals surface area contributed by atoms with E-state index in [2.05, 4.69) is 31.2 Å². The number of rotatable bonds is 9. The maximum atomic E-state index is 12.5. The molecule has 0 atom stereocenters. The fraction of sp³-hybridized carbons (Fsp3) is 0.0370. The van der Waals surface area contributed by atoms with E-state index in [1.165, 1.54) is 54.7 Å². The van der Waals surface area contributed by atoms with Crippen LogP contribution in [0.4, 0.5) is 5.69 Å². The first-order chi connectivity index (χ1) is 17.8. The Morgan fingerprint density at radius 3 is 2.30 bits per heavy atom. The van der Waals surface area contributed by atoms with Gasteiger partial charge in [0.25, 0.3) is 15.9 Å². The van der Waals surface area contributed by atoms with Gasteiger partial charge in [0.1, 0.15) is 12.4 Å². The number of sulfonamides is 1. The predicted molar refractivity (Wildman–Crippen MR) is 149 cm³/mol. The number of para-hydroxylation sites is 1. The topological polar surface area (TPSA) is 96.9 Å². The number of ether oxygens (including phenoxy) is 1. The fourth-order valence-corrected chi connectivity index (χ4v) is 4.65. The number of nitrogens with one attached hydrogen (secondary N) is 2. The lowest BCUT2D eigenvalue weighted by Crippen LogP contribution is -2.18. The van der Waals surface area contributed by atoms with Gasteiger partial charge in [0, 0.05) is 26.3 Å². The van der Waals surface area contributed by atoms with Gasteiger partial charge in [0.15, 0.2) is 0 Å². The summed E-state index contributed by atoms with van der Waals surface area (Å²) in [5.41, 5.74) is 4.81. The van der Waals surface area contributed by atoms with Crippen LogP contribution in [0.15, 0.2) is 112 Å². The third-order valence-corrected chi connectivity index (χ3v) is 7.30. The number of amides is 1. The van der Waals surface area contributed by atoms with E-state index < -0.39 is 15.9 Å². The summed E-state index contributed by atoms with van der Waals surface area (Å²) in [6, 6.07) is 27.0. The fourth-order valence-electron chi connectivity index (χ4n) is 3.20. The Morgan fingerprint density at radius 1 is 0.919 bits per heavy atom. The maximum absolute atomic E-state index is 12.5. The van der Waals surface area contributed by atoms with E-state index in [4.69, 9.17) is 16.3 Å². The summed E-state index contributed by atoms with van der Waals surface area (Å²) in [7, 11) is -3.78. The normalized spacial score (nSPS) is 11.3. The molecule has 7 nitrogen and oxygen atoms in total. The second-order valence-electron chi connectivity index (χ2n) is 7.79. The van der Waals surface area contributed by atoms with Gasteiger partial charge in [0.05, 0.1) is 11.1 Å². The zero-order valence-electron chi connectivity index (χ0n) is 19.3. The summed E-state index contributed by atoms with van der Waals surface area (Å²) >= 11 is 9.23. The number of anilines is 1. The van der Waals surface area contributed by atoms with Crippen LogP contribution < -0.4 is 14.9 Å². The first-order valence-corrected chi connectivity index (χ1v) is 13.6. The molecule has 1 amide bonds. The average Bonchev–Trinajstić information content (AvgIpc) is 2.89. The van der Waals surface area contributed by atoms with E-state index in [-0.39, 0.29) is 4.90 Å². The molecule has 0 saturated heterocycles. The van der Waals surface area contributed by atoms with Crippen LogP contribution in [0.1, 0.15) is 21.5 Å². The van der Waals surface area contributed by atoms with Crippen molar-refractivity contribution < 1.29 is 17.9 Å². The van der Waals surface area contributed by atoms with Crippen molar-refractivity contribution in [3.05, 3.63) is 123 Å². The lowest BCUT2D eigenvalue weighted by Gasteiger charge is -2.09. The quantitative estimate of drug-likeness (QED) is 0.176. The summed E-state index contributed by atoms with van der Waals surface area (Å²) in [4.78, 5) is 12.6. The van der Waals surface area contributed by atoms with E-state index in [0.717, 1.165) is 10.0 Å². The van der Waals surface area contributed by atoms with Crippen LogP contribution in [-0.2, 0) is 16.6 Å². The molecule has 4 aromatic carbocycles. The molecule has 10 heteroatoms. The third kappa shape index (κ3) is 7.42. The van der Waals surface area contributed by atoms with Gasteiger partial charge in [-0.3, -0.25) is 9.52 Å². The standard InChI is InChI=1S/C27H21BrClN3O4S/c28-22-9-5-19(6-10-22)18-36-26-4-2-1-3-21(26)17-30-31-27(33)20-7-13-24(14-8-20)32-37(34,35)25-15-11-23(29)12-16-25/h1-17,32H,18H2,(H,31,33)/b30-17+. The average molecular weight is 599 g/mol. The van der Waals surface area contributed by atoms with Crippen molar-refractivity contribution in [3.63, 3.8) is 0 Å². The van der Waals surface area contributed by atoms with Gasteiger partial charge < -0.3 is 4.74 Å².